The second kappa shape index (κ2) is 16.0. The van der Waals surface area contributed by atoms with E-state index < -0.39 is 0 Å². The third kappa shape index (κ3) is 6.67. The number of rotatable bonds is 7. The Hall–Kier alpha value is -8.92. The second-order valence-corrected chi connectivity index (χ2v) is 17.3. The lowest BCUT2D eigenvalue weighted by Crippen LogP contribution is -1.94. The smallest absolute Gasteiger partial charge is 0.145 e. The Morgan fingerprint density at radius 3 is 1.37 bits per heavy atom. The fourth-order valence-electron chi connectivity index (χ4n) is 10.2. The highest BCUT2D eigenvalue weighted by Gasteiger charge is 2.21. The fourth-order valence-corrected chi connectivity index (χ4v) is 10.2. The number of benzene rings is 10. The zero-order valence-electron chi connectivity index (χ0n) is 36.5. The molecule has 3 heteroatoms. The third-order valence-corrected chi connectivity index (χ3v) is 13.4. The van der Waals surface area contributed by atoms with Crippen molar-refractivity contribution in [1.82, 2.24) is 14.4 Å². The van der Waals surface area contributed by atoms with Crippen LogP contribution in [0.25, 0.3) is 127 Å². The van der Waals surface area contributed by atoms with E-state index in [1.54, 1.807) is 0 Å². The van der Waals surface area contributed by atoms with E-state index in [9.17, 15) is 0 Å². The standard InChI is InChI=1S/C64H41N3/c1-4-18-42(19-5-1)50-38-58(43-20-6-2-7-21-43)64-66-62(63(67(64)41-50)46-22-8-3-9-23-46)45-34-32-44(33-35-45)60-39-49(57-36-47-24-10-12-26-51(47)53-28-14-16-30-55(53)57)40-61(65-60)59-37-48-25-11-13-27-52(48)54-29-15-17-31-56(54)59/h1-41H. The topological polar surface area (TPSA) is 30.2 Å². The van der Waals surface area contributed by atoms with Crippen molar-refractivity contribution in [2.75, 3.05) is 0 Å². The van der Waals surface area contributed by atoms with Crippen molar-refractivity contribution in [3.8, 4) is 78.4 Å². The first-order chi connectivity index (χ1) is 33.2. The van der Waals surface area contributed by atoms with Gasteiger partial charge in [0.2, 0.25) is 0 Å². The van der Waals surface area contributed by atoms with Gasteiger partial charge in [-0.15, -0.1) is 0 Å². The van der Waals surface area contributed by atoms with E-state index >= 15 is 0 Å². The van der Waals surface area contributed by atoms with Gasteiger partial charge in [0.05, 0.1) is 22.8 Å². The van der Waals surface area contributed by atoms with Gasteiger partial charge in [-0.1, -0.05) is 212 Å². The van der Waals surface area contributed by atoms with Crippen LogP contribution in [-0.4, -0.2) is 14.4 Å². The van der Waals surface area contributed by atoms with Crippen molar-refractivity contribution in [2.24, 2.45) is 0 Å². The van der Waals surface area contributed by atoms with E-state index in [0.717, 1.165) is 78.5 Å². The minimum absolute atomic E-state index is 0.908. The molecule has 0 saturated carbocycles. The maximum Gasteiger partial charge on any atom is 0.145 e. The van der Waals surface area contributed by atoms with Gasteiger partial charge >= 0.3 is 0 Å². The predicted molar refractivity (Wildman–Crippen MR) is 281 cm³/mol. The molecule has 0 spiro atoms. The first kappa shape index (κ1) is 38.5. The summed E-state index contributed by atoms with van der Waals surface area (Å²) < 4.78 is 2.29. The molecule has 67 heavy (non-hydrogen) atoms. The third-order valence-electron chi connectivity index (χ3n) is 13.4. The van der Waals surface area contributed by atoms with Crippen LogP contribution in [-0.2, 0) is 0 Å². The fraction of sp³-hybridized carbons (Fsp3) is 0. The van der Waals surface area contributed by atoms with Crippen molar-refractivity contribution in [3.05, 3.63) is 249 Å². The molecule has 0 aliphatic carbocycles. The van der Waals surface area contributed by atoms with E-state index in [4.69, 9.17) is 9.97 Å². The largest absolute Gasteiger partial charge is 0.298 e. The molecular formula is C64H41N3. The van der Waals surface area contributed by atoms with Gasteiger partial charge in [-0.25, -0.2) is 9.97 Å². The van der Waals surface area contributed by atoms with Crippen LogP contribution in [0.15, 0.2) is 249 Å². The minimum atomic E-state index is 0.908. The number of aromatic nitrogens is 3. The maximum atomic E-state index is 5.56. The predicted octanol–water partition coefficient (Wildman–Crippen LogP) is 17.0. The van der Waals surface area contributed by atoms with Crippen LogP contribution < -0.4 is 0 Å². The van der Waals surface area contributed by atoms with Gasteiger partial charge in [0, 0.05) is 34.0 Å². The molecule has 0 saturated heterocycles. The lowest BCUT2D eigenvalue weighted by atomic mass is 9.90. The summed E-state index contributed by atoms with van der Waals surface area (Å²) in [6.07, 6.45) is 2.24. The van der Waals surface area contributed by atoms with Gasteiger partial charge in [-0.2, -0.15) is 0 Å². The van der Waals surface area contributed by atoms with E-state index in [2.05, 4.69) is 253 Å². The molecule has 0 fully saturated rings. The van der Waals surface area contributed by atoms with Crippen molar-refractivity contribution < 1.29 is 0 Å². The molecule has 0 radical (unpaired) electrons. The number of pyridine rings is 2. The Labute approximate surface area is 388 Å². The summed E-state index contributed by atoms with van der Waals surface area (Å²) in [5, 5.41) is 9.75. The van der Waals surface area contributed by atoms with Crippen molar-refractivity contribution >= 4 is 48.7 Å². The summed E-state index contributed by atoms with van der Waals surface area (Å²) in [6, 6.07) is 87.1. The lowest BCUT2D eigenvalue weighted by Gasteiger charge is -2.16. The molecule has 10 aromatic carbocycles. The monoisotopic (exact) mass is 851 g/mol. The maximum absolute atomic E-state index is 5.56. The summed E-state index contributed by atoms with van der Waals surface area (Å²) >= 11 is 0. The molecule has 3 aromatic heterocycles. The average molecular weight is 852 g/mol. The first-order valence-electron chi connectivity index (χ1n) is 22.9. The molecule has 0 atom stereocenters. The second-order valence-electron chi connectivity index (χ2n) is 17.3. The zero-order valence-corrected chi connectivity index (χ0v) is 36.5. The van der Waals surface area contributed by atoms with E-state index in [1.807, 2.05) is 0 Å². The summed E-state index contributed by atoms with van der Waals surface area (Å²) in [5.41, 5.74) is 15.8. The first-order valence-corrected chi connectivity index (χ1v) is 22.9. The molecule has 3 heterocycles. The molecule has 13 rings (SSSR count). The van der Waals surface area contributed by atoms with Crippen molar-refractivity contribution in [3.63, 3.8) is 0 Å². The highest BCUT2D eigenvalue weighted by molar-refractivity contribution is 6.15. The Kier molecular flexibility index (Phi) is 9.17. The van der Waals surface area contributed by atoms with E-state index in [0.29, 0.717) is 0 Å². The number of imidazole rings is 1. The molecular weight excluding hydrogens is 811 g/mol. The summed E-state index contributed by atoms with van der Waals surface area (Å²) in [6.45, 7) is 0. The van der Waals surface area contributed by atoms with Gasteiger partial charge in [0.25, 0.3) is 0 Å². The van der Waals surface area contributed by atoms with Crippen molar-refractivity contribution in [1.29, 1.82) is 0 Å². The molecule has 0 unspecified atom stereocenters. The number of hydrogen-bond donors (Lipinski definition) is 0. The van der Waals surface area contributed by atoms with Crippen molar-refractivity contribution in [2.45, 2.75) is 0 Å². The summed E-state index contributed by atoms with van der Waals surface area (Å²) in [4.78, 5) is 11.1. The molecule has 3 nitrogen and oxygen atoms in total. The van der Waals surface area contributed by atoms with Crippen LogP contribution >= 0.6 is 0 Å². The molecule has 0 aliphatic heterocycles. The Morgan fingerprint density at radius 1 is 0.269 bits per heavy atom. The SMILES string of the molecule is c1ccc(-c2cc(-c3ccccc3)c3nc(-c4ccc(-c5cc(-c6cc7ccccc7c7ccccc67)cc(-c6cc7ccccc7c7ccccc67)n5)cc4)c(-c4ccccc4)n3c2)cc1. The highest BCUT2D eigenvalue weighted by atomic mass is 15.0. The van der Waals surface area contributed by atoms with Crippen LogP contribution in [0.3, 0.4) is 0 Å². The van der Waals surface area contributed by atoms with Gasteiger partial charge in [0.1, 0.15) is 5.65 Å². The lowest BCUT2D eigenvalue weighted by molar-refractivity contribution is 1.19. The average Bonchev–Trinajstić information content (AvgIpc) is 3.80. The van der Waals surface area contributed by atoms with Crippen LogP contribution in [0.2, 0.25) is 0 Å². The Morgan fingerprint density at radius 2 is 0.746 bits per heavy atom. The van der Waals surface area contributed by atoms with Crippen LogP contribution in [0.4, 0.5) is 0 Å². The van der Waals surface area contributed by atoms with Crippen LogP contribution in [0.5, 0.6) is 0 Å². The minimum Gasteiger partial charge on any atom is -0.298 e. The molecule has 0 bridgehead atoms. The number of fused-ring (bicyclic) bond motifs is 7. The van der Waals surface area contributed by atoms with Gasteiger partial charge in [-0.05, 0) is 101 Å². The number of nitrogens with zero attached hydrogens (tertiary/aromatic N) is 3. The zero-order chi connectivity index (χ0) is 44.3. The van der Waals surface area contributed by atoms with E-state index in [1.165, 1.54) is 48.7 Å². The Bertz CT molecular complexity index is 3870. The molecule has 0 amide bonds. The quantitative estimate of drug-likeness (QED) is 0.150. The van der Waals surface area contributed by atoms with Crippen LogP contribution in [0, 0.1) is 0 Å². The highest BCUT2D eigenvalue weighted by Crippen LogP contribution is 2.42. The molecule has 312 valence electrons. The molecule has 0 aliphatic rings. The Balaban J connectivity index is 1.02. The van der Waals surface area contributed by atoms with Gasteiger partial charge in [-0.3, -0.25) is 4.40 Å². The number of hydrogen-bond acceptors (Lipinski definition) is 2. The summed E-state index contributed by atoms with van der Waals surface area (Å²) in [7, 11) is 0. The molecule has 13 aromatic rings. The van der Waals surface area contributed by atoms with Crippen LogP contribution in [0.1, 0.15) is 0 Å². The van der Waals surface area contributed by atoms with Gasteiger partial charge in [0.15, 0.2) is 0 Å². The molecule has 0 N–H and O–H groups in total. The normalized spacial score (nSPS) is 11.6. The van der Waals surface area contributed by atoms with Gasteiger partial charge < -0.3 is 0 Å². The summed E-state index contributed by atoms with van der Waals surface area (Å²) in [5.74, 6) is 0. The van der Waals surface area contributed by atoms with E-state index in [-0.39, 0.29) is 0 Å².